The van der Waals surface area contributed by atoms with E-state index in [0.717, 1.165) is 54.6 Å². The van der Waals surface area contributed by atoms with E-state index in [1.165, 1.54) is 12.7 Å². The second-order valence-electron chi connectivity index (χ2n) is 14.9. The normalized spacial score (nSPS) is 13.2. The molecule has 8 rings (SSSR count). The summed E-state index contributed by atoms with van der Waals surface area (Å²) in [6.07, 6.45) is 5.77. The molecule has 0 saturated heterocycles. The zero-order chi connectivity index (χ0) is 39.3. The molecular weight excluding hydrogens is 764 g/mol. The number of ether oxygens (including phenoxy) is 2. The van der Waals surface area contributed by atoms with Crippen molar-refractivity contribution in [2.45, 2.75) is 78.9 Å². The third-order valence-corrected chi connectivity index (χ3v) is 8.85. The van der Waals surface area contributed by atoms with Crippen molar-refractivity contribution in [2.75, 3.05) is 11.1 Å². The van der Waals surface area contributed by atoms with Gasteiger partial charge in [-0.25, -0.2) is 29.5 Å². The summed E-state index contributed by atoms with van der Waals surface area (Å²) in [5.41, 5.74) is 11.6. The summed E-state index contributed by atoms with van der Waals surface area (Å²) < 4.78 is 11.5. The molecule has 15 heteroatoms. The first kappa shape index (κ1) is 38.8. The van der Waals surface area contributed by atoms with Crippen molar-refractivity contribution in [1.82, 2.24) is 39.7 Å². The number of carbonyl (C=O) groups excluding carboxylic acids is 2. The van der Waals surface area contributed by atoms with Gasteiger partial charge in [-0.15, -0.1) is 0 Å². The molecule has 14 nitrogen and oxygen atoms in total. The van der Waals surface area contributed by atoms with Gasteiger partial charge in [0.2, 0.25) is 0 Å². The van der Waals surface area contributed by atoms with E-state index in [2.05, 4.69) is 51.2 Å². The highest BCUT2D eigenvalue weighted by Gasteiger charge is 2.31. The van der Waals surface area contributed by atoms with E-state index in [0.29, 0.717) is 37.7 Å². The molecule has 2 amide bonds. The number of nitrogen functional groups attached to an aromatic ring is 1. The molecule has 2 aliphatic rings. The summed E-state index contributed by atoms with van der Waals surface area (Å²) in [6, 6.07) is 19.8. The minimum Gasteiger partial charge on any atom is -0.444 e. The molecule has 284 valence electrons. The van der Waals surface area contributed by atoms with Crippen molar-refractivity contribution in [3.05, 3.63) is 113 Å². The number of nitrogens with two attached hydrogens (primary N) is 1. The SMILES string of the molecule is CC(C)(C)OC(=O)N1Cc2ncnc(Br)c2C1.CC(C)(C)OC(=O)N1Cc2ncnc(Nc3cnc4ccccc4c3)c2C1.Nc1cnc2ccccc2c1. The van der Waals surface area contributed by atoms with Crippen LogP contribution < -0.4 is 11.1 Å². The molecule has 0 aliphatic carbocycles. The fraction of sp³-hybridized carbons (Fsp3) is 0.300. The smallest absolute Gasteiger partial charge is 0.410 e. The lowest BCUT2D eigenvalue weighted by Crippen LogP contribution is -2.33. The molecule has 0 unspecified atom stereocenters. The maximum atomic E-state index is 12.4. The minimum atomic E-state index is -0.532. The van der Waals surface area contributed by atoms with Crippen molar-refractivity contribution in [1.29, 1.82) is 0 Å². The lowest BCUT2D eigenvalue weighted by atomic mass is 10.2. The zero-order valence-corrected chi connectivity index (χ0v) is 33.2. The fourth-order valence-electron chi connectivity index (χ4n) is 5.71. The second-order valence-corrected chi connectivity index (χ2v) is 15.7. The van der Waals surface area contributed by atoms with E-state index in [9.17, 15) is 9.59 Å². The highest BCUT2D eigenvalue weighted by Crippen LogP contribution is 2.30. The van der Waals surface area contributed by atoms with E-state index in [-0.39, 0.29) is 12.2 Å². The van der Waals surface area contributed by atoms with Crippen LogP contribution in [0.2, 0.25) is 0 Å². The van der Waals surface area contributed by atoms with Gasteiger partial charge in [0, 0.05) is 21.9 Å². The number of fused-ring (bicyclic) bond motifs is 4. The molecular formula is C40H43BrN10O4. The number of carbonyl (C=O) groups is 2. The Labute approximate surface area is 327 Å². The average molecular weight is 808 g/mol. The molecule has 6 aromatic rings. The van der Waals surface area contributed by atoms with Crippen molar-refractivity contribution in [2.24, 2.45) is 0 Å². The van der Waals surface area contributed by atoms with Crippen LogP contribution in [-0.4, -0.2) is 63.1 Å². The Bertz CT molecular complexity index is 2340. The number of benzene rings is 2. The van der Waals surface area contributed by atoms with E-state index >= 15 is 0 Å². The third kappa shape index (κ3) is 10.2. The topological polar surface area (TPSA) is 174 Å². The summed E-state index contributed by atoms with van der Waals surface area (Å²) in [6.45, 7) is 12.9. The summed E-state index contributed by atoms with van der Waals surface area (Å²) in [7, 11) is 0. The largest absolute Gasteiger partial charge is 0.444 e. The highest BCUT2D eigenvalue weighted by atomic mass is 79.9. The van der Waals surface area contributed by atoms with Crippen LogP contribution in [0.25, 0.3) is 21.8 Å². The molecule has 3 N–H and O–H groups in total. The van der Waals surface area contributed by atoms with Crippen molar-refractivity contribution in [3.63, 3.8) is 0 Å². The number of para-hydroxylation sites is 2. The number of pyridine rings is 2. The fourth-order valence-corrected chi connectivity index (χ4v) is 6.15. The first-order valence-electron chi connectivity index (χ1n) is 17.6. The van der Waals surface area contributed by atoms with Crippen molar-refractivity contribution in [3.8, 4) is 0 Å². The Morgan fingerprint density at radius 1 is 0.673 bits per heavy atom. The van der Waals surface area contributed by atoms with Gasteiger partial charge >= 0.3 is 12.2 Å². The Morgan fingerprint density at radius 2 is 1.18 bits per heavy atom. The van der Waals surface area contributed by atoms with E-state index in [1.54, 1.807) is 22.2 Å². The van der Waals surface area contributed by atoms with Gasteiger partial charge in [-0.05, 0) is 81.7 Å². The maximum Gasteiger partial charge on any atom is 0.410 e. The van der Waals surface area contributed by atoms with Crippen LogP contribution in [0.1, 0.15) is 64.1 Å². The molecule has 0 bridgehead atoms. The van der Waals surface area contributed by atoms with Crippen molar-refractivity contribution < 1.29 is 19.1 Å². The molecule has 0 radical (unpaired) electrons. The number of hydrogen-bond donors (Lipinski definition) is 2. The monoisotopic (exact) mass is 806 g/mol. The summed E-state index contributed by atoms with van der Waals surface area (Å²) in [5, 5.41) is 5.45. The number of halogens is 1. The average Bonchev–Trinajstić information content (AvgIpc) is 3.78. The molecule has 0 fully saturated rings. The number of nitrogens with zero attached hydrogens (tertiary/aromatic N) is 8. The van der Waals surface area contributed by atoms with Crippen LogP contribution in [0.5, 0.6) is 0 Å². The van der Waals surface area contributed by atoms with Crippen LogP contribution in [0, 0.1) is 0 Å². The van der Waals surface area contributed by atoms with Gasteiger partial charge in [-0.1, -0.05) is 36.4 Å². The minimum absolute atomic E-state index is 0.317. The first-order valence-corrected chi connectivity index (χ1v) is 18.4. The molecule has 55 heavy (non-hydrogen) atoms. The predicted octanol–water partition coefficient (Wildman–Crippen LogP) is 8.33. The Balaban J connectivity index is 0.000000156. The van der Waals surface area contributed by atoms with Crippen LogP contribution in [-0.2, 0) is 35.7 Å². The number of amides is 2. The van der Waals surface area contributed by atoms with Gasteiger partial charge in [-0.3, -0.25) is 19.8 Å². The maximum absolute atomic E-state index is 12.4. The molecule has 0 spiro atoms. The van der Waals surface area contributed by atoms with Gasteiger partial charge < -0.3 is 20.5 Å². The van der Waals surface area contributed by atoms with Gasteiger partial charge in [0.05, 0.1) is 72.4 Å². The molecule has 0 saturated carbocycles. The summed E-state index contributed by atoms with van der Waals surface area (Å²) in [4.78, 5) is 53.0. The summed E-state index contributed by atoms with van der Waals surface area (Å²) in [5.74, 6) is 0.683. The number of nitrogens with one attached hydrogen (secondary N) is 1. The van der Waals surface area contributed by atoms with E-state index < -0.39 is 11.2 Å². The third-order valence-electron chi connectivity index (χ3n) is 8.16. The van der Waals surface area contributed by atoms with Crippen LogP contribution in [0.4, 0.5) is 26.8 Å². The van der Waals surface area contributed by atoms with Crippen LogP contribution in [0.3, 0.4) is 0 Å². The van der Waals surface area contributed by atoms with Crippen molar-refractivity contribution >= 4 is 67.1 Å². The standard InChI is InChI=1S/C20H21N5O2.C11H14BrN3O2.C9H8N2/c1-20(2,3)27-19(26)25-10-15-17(11-25)22-12-23-18(15)24-14-8-13-6-4-5-7-16(13)21-9-14;1-11(2,3)17-10(16)15-4-7-8(5-15)13-6-14-9(7)12;10-8-5-7-3-1-2-4-9(7)11-6-8/h4-9,12H,10-11H2,1-3H3,(H,22,23,24);6H,4-5H2,1-3H3;1-6H,10H2. The highest BCUT2D eigenvalue weighted by molar-refractivity contribution is 9.10. The molecule has 0 atom stereocenters. The molecule has 4 aromatic heterocycles. The Kier molecular flexibility index (Phi) is 11.4. The number of hydrogen-bond acceptors (Lipinski definition) is 12. The van der Waals surface area contributed by atoms with Gasteiger partial charge in [0.15, 0.2) is 0 Å². The molecule has 2 aliphatic heterocycles. The number of anilines is 3. The Morgan fingerprint density at radius 3 is 1.76 bits per heavy atom. The van der Waals surface area contributed by atoms with E-state index in [4.69, 9.17) is 15.2 Å². The van der Waals surface area contributed by atoms with E-state index in [1.807, 2.05) is 102 Å². The quantitative estimate of drug-likeness (QED) is 0.160. The first-order chi connectivity index (χ1) is 26.1. The van der Waals surface area contributed by atoms with Gasteiger partial charge in [0.1, 0.15) is 34.3 Å². The predicted molar refractivity (Wildman–Crippen MR) is 214 cm³/mol. The van der Waals surface area contributed by atoms with Gasteiger partial charge in [0.25, 0.3) is 0 Å². The summed E-state index contributed by atoms with van der Waals surface area (Å²) >= 11 is 3.36. The molecule has 2 aromatic carbocycles. The number of aromatic nitrogens is 6. The lowest BCUT2D eigenvalue weighted by molar-refractivity contribution is 0.0231. The lowest BCUT2D eigenvalue weighted by Gasteiger charge is -2.24. The second kappa shape index (κ2) is 16.2. The Hall–Kier alpha value is -5.96. The zero-order valence-electron chi connectivity index (χ0n) is 31.6. The van der Waals surface area contributed by atoms with Crippen LogP contribution in [0.15, 0.2) is 90.3 Å². The van der Waals surface area contributed by atoms with Gasteiger partial charge in [-0.2, -0.15) is 0 Å². The molecule has 6 heterocycles. The van der Waals surface area contributed by atoms with Crippen LogP contribution >= 0.6 is 15.9 Å². The number of rotatable bonds is 2.